The Bertz CT molecular complexity index is 846. The topological polar surface area (TPSA) is 98.5 Å². The highest BCUT2D eigenvalue weighted by Gasteiger charge is 2.22. The van der Waals surface area contributed by atoms with E-state index in [0.29, 0.717) is 60.2 Å². The molecule has 0 aromatic heterocycles. The fourth-order valence-electron chi connectivity index (χ4n) is 3.81. The molecule has 2 N–H and O–H groups in total. The van der Waals surface area contributed by atoms with Gasteiger partial charge >= 0.3 is 0 Å². The monoisotopic (exact) mass is 447 g/mol. The van der Waals surface area contributed by atoms with Crippen LogP contribution in [0, 0.1) is 5.92 Å². The standard InChI is InChI=1S/C24H33NO7/c1-27-18-13-11-15(20(29-3)22(18)31-5)7-9-17(24(25)26)10-8-16-12-14-19(28-2)23(32-6)21(16)30-4/h11-14,17H,7-10H2,1-6H3,(H2,25,26). The van der Waals surface area contributed by atoms with Crippen molar-refractivity contribution in [3.63, 3.8) is 0 Å². The van der Waals surface area contributed by atoms with E-state index in [4.69, 9.17) is 34.2 Å². The molecule has 0 aliphatic carbocycles. The lowest BCUT2D eigenvalue weighted by molar-refractivity contribution is -0.122. The fourth-order valence-corrected chi connectivity index (χ4v) is 3.81. The molecule has 0 saturated carbocycles. The Morgan fingerprint density at radius 3 is 1.31 bits per heavy atom. The molecule has 8 heteroatoms. The number of ether oxygens (including phenoxy) is 6. The normalized spacial score (nSPS) is 10.6. The Kier molecular flexibility index (Phi) is 9.31. The van der Waals surface area contributed by atoms with Crippen molar-refractivity contribution in [2.45, 2.75) is 25.7 Å². The van der Waals surface area contributed by atoms with E-state index < -0.39 is 0 Å². The molecule has 0 atom stereocenters. The van der Waals surface area contributed by atoms with Gasteiger partial charge in [0.25, 0.3) is 0 Å². The van der Waals surface area contributed by atoms with Gasteiger partial charge in [-0.1, -0.05) is 12.1 Å². The summed E-state index contributed by atoms with van der Waals surface area (Å²) in [6, 6.07) is 7.47. The van der Waals surface area contributed by atoms with E-state index in [1.807, 2.05) is 24.3 Å². The van der Waals surface area contributed by atoms with Gasteiger partial charge in [-0.25, -0.2) is 0 Å². The maximum absolute atomic E-state index is 12.2. The first-order valence-electron chi connectivity index (χ1n) is 10.3. The highest BCUT2D eigenvalue weighted by molar-refractivity contribution is 5.76. The molecule has 0 spiro atoms. The minimum absolute atomic E-state index is 0.328. The number of hydrogen-bond donors (Lipinski definition) is 1. The molecule has 0 saturated heterocycles. The zero-order valence-electron chi connectivity index (χ0n) is 19.7. The predicted octanol–water partition coefficient (Wildman–Crippen LogP) is 3.41. The average molecular weight is 448 g/mol. The molecule has 2 rings (SSSR count). The Morgan fingerprint density at radius 1 is 0.656 bits per heavy atom. The van der Waals surface area contributed by atoms with Crippen LogP contribution in [-0.2, 0) is 17.6 Å². The number of primary amides is 1. The van der Waals surface area contributed by atoms with Crippen molar-refractivity contribution in [3.05, 3.63) is 35.4 Å². The summed E-state index contributed by atoms with van der Waals surface area (Å²) >= 11 is 0. The van der Waals surface area contributed by atoms with Crippen molar-refractivity contribution >= 4 is 5.91 Å². The van der Waals surface area contributed by atoms with Crippen molar-refractivity contribution in [2.75, 3.05) is 42.7 Å². The van der Waals surface area contributed by atoms with E-state index in [1.54, 1.807) is 42.7 Å². The molecule has 0 aliphatic rings. The van der Waals surface area contributed by atoms with E-state index in [-0.39, 0.29) is 11.8 Å². The van der Waals surface area contributed by atoms with Crippen LogP contribution in [0.3, 0.4) is 0 Å². The average Bonchev–Trinajstić information content (AvgIpc) is 2.82. The first-order chi connectivity index (χ1) is 15.4. The van der Waals surface area contributed by atoms with E-state index in [9.17, 15) is 4.79 Å². The van der Waals surface area contributed by atoms with Gasteiger partial charge in [-0.2, -0.15) is 0 Å². The maximum Gasteiger partial charge on any atom is 0.220 e. The molecule has 0 bridgehead atoms. The number of aryl methyl sites for hydroxylation is 2. The number of benzene rings is 2. The number of carbonyl (C=O) groups is 1. The first-order valence-corrected chi connectivity index (χ1v) is 10.3. The summed E-state index contributed by atoms with van der Waals surface area (Å²) in [4.78, 5) is 12.2. The second-order valence-corrected chi connectivity index (χ2v) is 7.16. The summed E-state index contributed by atoms with van der Waals surface area (Å²) < 4.78 is 32.7. The summed E-state index contributed by atoms with van der Waals surface area (Å²) in [5.41, 5.74) is 7.55. The van der Waals surface area contributed by atoms with Crippen LogP contribution < -0.4 is 34.2 Å². The third kappa shape index (κ3) is 5.49. The fraction of sp³-hybridized carbons (Fsp3) is 0.458. The maximum atomic E-state index is 12.2. The molecule has 2 aromatic carbocycles. The van der Waals surface area contributed by atoms with Crippen molar-refractivity contribution < 1.29 is 33.2 Å². The van der Waals surface area contributed by atoms with Gasteiger partial charge in [0.1, 0.15) is 0 Å². The molecule has 0 radical (unpaired) electrons. The number of rotatable bonds is 13. The van der Waals surface area contributed by atoms with Crippen LogP contribution in [0.25, 0.3) is 0 Å². The molecule has 176 valence electrons. The van der Waals surface area contributed by atoms with Crippen LogP contribution in [0.2, 0.25) is 0 Å². The van der Waals surface area contributed by atoms with Crippen molar-refractivity contribution in [2.24, 2.45) is 11.7 Å². The van der Waals surface area contributed by atoms with Gasteiger partial charge in [0.2, 0.25) is 17.4 Å². The number of amides is 1. The highest BCUT2D eigenvalue weighted by Crippen LogP contribution is 2.42. The summed E-state index contributed by atoms with van der Waals surface area (Å²) in [5.74, 6) is 2.74. The van der Waals surface area contributed by atoms with E-state index in [2.05, 4.69) is 0 Å². The second kappa shape index (κ2) is 11.9. The van der Waals surface area contributed by atoms with Gasteiger partial charge in [0.15, 0.2) is 23.0 Å². The zero-order valence-corrected chi connectivity index (χ0v) is 19.7. The van der Waals surface area contributed by atoms with E-state index in [1.165, 1.54) is 0 Å². The number of methoxy groups -OCH3 is 6. The van der Waals surface area contributed by atoms with Crippen LogP contribution in [-0.4, -0.2) is 48.6 Å². The van der Waals surface area contributed by atoms with Gasteiger partial charge in [0.05, 0.1) is 42.7 Å². The molecule has 0 unspecified atom stereocenters. The molecule has 0 aliphatic heterocycles. The Labute approximate surface area is 189 Å². The van der Waals surface area contributed by atoms with Crippen molar-refractivity contribution in [3.8, 4) is 34.5 Å². The SMILES string of the molecule is COc1ccc(CCC(CCc2ccc(OC)c(OC)c2OC)C(N)=O)c(OC)c1OC. The molecular weight excluding hydrogens is 414 g/mol. The molecule has 8 nitrogen and oxygen atoms in total. The number of carbonyl (C=O) groups excluding carboxylic acids is 1. The minimum atomic E-state index is -0.344. The zero-order chi connectivity index (χ0) is 23.7. The third-order valence-electron chi connectivity index (χ3n) is 5.50. The van der Waals surface area contributed by atoms with Crippen LogP contribution in [0.4, 0.5) is 0 Å². The lowest BCUT2D eigenvalue weighted by Crippen LogP contribution is -2.24. The van der Waals surface area contributed by atoms with Gasteiger partial charge < -0.3 is 34.2 Å². The summed E-state index contributed by atoms with van der Waals surface area (Å²) in [6.45, 7) is 0. The molecule has 0 heterocycles. The quantitative estimate of drug-likeness (QED) is 0.502. The minimum Gasteiger partial charge on any atom is -0.493 e. The van der Waals surface area contributed by atoms with Gasteiger partial charge in [-0.05, 0) is 48.9 Å². The molecule has 0 fully saturated rings. The second-order valence-electron chi connectivity index (χ2n) is 7.16. The third-order valence-corrected chi connectivity index (χ3v) is 5.50. The van der Waals surface area contributed by atoms with Crippen LogP contribution in [0.5, 0.6) is 34.5 Å². The smallest absolute Gasteiger partial charge is 0.220 e. The van der Waals surface area contributed by atoms with Crippen LogP contribution in [0.1, 0.15) is 24.0 Å². The van der Waals surface area contributed by atoms with Gasteiger partial charge in [-0.15, -0.1) is 0 Å². The van der Waals surface area contributed by atoms with Crippen LogP contribution >= 0.6 is 0 Å². The highest BCUT2D eigenvalue weighted by atomic mass is 16.5. The summed E-state index contributed by atoms with van der Waals surface area (Å²) in [7, 11) is 9.43. The van der Waals surface area contributed by atoms with Crippen molar-refractivity contribution in [1.82, 2.24) is 0 Å². The Balaban J connectivity index is 2.18. The van der Waals surface area contributed by atoms with E-state index >= 15 is 0 Å². The van der Waals surface area contributed by atoms with Gasteiger partial charge in [0, 0.05) is 5.92 Å². The van der Waals surface area contributed by atoms with Crippen LogP contribution in [0.15, 0.2) is 24.3 Å². The first kappa shape index (κ1) is 25.0. The van der Waals surface area contributed by atoms with E-state index in [0.717, 1.165) is 11.1 Å². The Hall–Kier alpha value is -3.29. The number of hydrogen-bond acceptors (Lipinski definition) is 7. The molecule has 32 heavy (non-hydrogen) atoms. The molecule has 1 amide bonds. The number of nitrogens with two attached hydrogens (primary N) is 1. The lowest BCUT2D eigenvalue weighted by atomic mass is 9.92. The molecule has 2 aromatic rings. The van der Waals surface area contributed by atoms with Gasteiger partial charge in [-0.3, -0.25) is 4.79 Å². The summed E-state index contributed by atoms with van der Waals surface area (Å²) in [6.07, 6.45) is 2.33. The summed E-state index contributed by atoms with van der Waals surface area (Å²) in [5, 5.41) is 0. The largest absolute Gasteiger partial charge is 0.493 e. The predicted molar refractivity (Wildman–Crippen MR) is 122 cm³/mol. The lowest BCUT2D eigenvalue weighted by Gasteiger charge is -2.19. The Morgan fingerprint density at radius 2 is 1.03 bits per heavy atom. The molecular formula is C24H33NO7. The van der Waals surface area contributed by atoms with Crippen molar-refractivity contribution in [1.29, 1.82) is 0 Å².